The Bertz CT molecular complexity index is 721. The number of thiazole rings is 2. The van der Waals surface area contributed by atoms with Gasteiger partial charge in [0.2, 0.25) is 0 Å². The van der Waals surface area contributed by atoms with E-state index in [-0.39, 0.29) is 10.8 Å². The molecular formula is C11H4F3N4S2. The molecule has 0 atom stereocenters. The van der Waals surface area contributed by atoms with Gasteiger partial charge in [0.15, 0.2) is 16.5 Å². The van der Waals surface area contributed by atoms with Gasteiger partial charge in [-0.05, 0) is 6.07 Å². The molecule has 0 aliphatic heterocycles. The lowest BCUT2D eigenvalue weighted by molar-refractivity contribution is -0.140. The summed E-state index contributed by atoms with van der Waals surface area (Å²) >= 11 is 2.21. The molecule has 3 heterocycles. The van der Waals surface area contributed by atoms with E-state index >= 15 is 0 Å². The predicted octanol–water partition coefficient (Wildman–Crippen LogP) is 3.54. The van der Waals surface area contributed by atoms with Crippen LogP contribution >= 0.6 is 22.7 Å². The van der Waals surface area contributed by atoms with E-state index in [1.165, 1.54) is 17.4 Å². The second-order valence-electron chi connectivity index (χ2n) is 3.58. The normalized spacial score (nSPS) is 11.8. The molecule has 20 heavy (non-hydrogen) atoms. The average molecular weight is 313 g/mol. The summed E-state index contributed by atoms with van der Waals surface area (Å²) in [5.41, 5.74) is -0.436. The highest BCUT2D eigenvalue weighted by Gasteiger charge is 2.34. The Labute approximate surface area is 119 Å². The number of hydrogen-bond acceptors (Lipinski definition) is 6. The van der Waals surface area contributed by atoms with Gasteiger partial charge < -0.3 is 0 Å². The maximum Gasteiger partial charge on any atom is 0.434 e. The van der Waals surface area contributed by atoms with Crippen molar-refractivity contribution in [3.63, 3.8) is 0 Å². The van der Waals surface area contributed by atoms with Crippen LogP contribution < -0.4 is 0 Å². The highest BCUT2D eigenvalue weighted by molar-refractivity contribution is 7.13. The summed E-state index contributed by atoms with van der Waals surface area (Å²) in [6, 6.07) is 1.53. The van der Waals surface area contributed by atoms with Crippen molar-refractivity contribution >= 4 is 22.7 Å². The molecule has 0 N–H and O–H groups in total. The molecule has 0 fully saturated rings. The molecule has 0 aliphatic rings. The van der Waals surface area contributed by atoms with Gasteiger partial charge in [-0.15, -0.1) is 22.7 Å². The van der Waals surface area contributed by atoms with Crippen LogP contribution in [-0.4, -0.2) is 19.9 Å². The minimum Gasteiger partial charge on any atom is -0.243 e. The van der Waals surface area contributed by atoms with Crippen LogP contribution in [0.4, 0.5) is 13.2 Å². The van der Waals surface area contributed by atoms with E-state index in [0.717, 1.165) is 16.7 Å². The highest BCUT2D eigenvalue weighted by Crippen LogP contribution is 2.32. The molecule has 9 heteroatoms. The smallest absolute Gasteiger partial charge is 0.243 e. The van der Waals surface area contributed by atoms with Crippen molar-refractivity contribution in [2.24, 2.45) is 0 Å². The van der Waals surface area contributed by atoms with Gasteiger partial charge in [0, 0.05) is 17.0 Å². The first-order valence-corrected chi connectivity index (χ1v) is 6.98. The summed E-state index contributed by atoms with van der Waals surface area (Å²) in [4.78, 5) is 15.6. The first kappa shape index (κ1) is 13.1. The number of nitrogens with zero attached hydrogens (tertiary/aromatic N) is 4. The first-order chi connectivity index (χ1) is 9.54. The van der Waals surface area contributed by atoms with Gasteiger partial charge in [-0.1, -0.05) is 0 Å². The summed E-state index contributed by atoms with van der Waals surface area (Å²) in [5, 5.41) is 3.47. The molecule has 1 radical (unpaired) electrons. The van der Waals surface area contributed by atoms with Crippen molar-refractivity contribution in [3.05, 3.63) is 34.9 Å². The first-order valence-electron chi connectivity index (χ1n) is 5.22. The second-order valence-corrected chi connectivity index (χ2v) is 5.33. The van der Waals surface area contributed by atoms with Crippen LogP contribution in [0, 0.1) is 6.20 Å². The van der Waals surface area contributed by atoms with Gasteiger partial charge in [0.25, 0.3) is 0 Å². The summed E-state index contributed by atoms with van der Waals surface area (Å²) in [7, 11) is 0. The summed E-state index contributed by atoms with van der Waals surface area (Å²) in [6.45, 7) is 0. The molecule has 0 saturated heterocycles. The zero-order valence-corrected chi connectivity index (χ0v) is 11.2. The van der Waals surface area contributed by atoms with Crippen LogP contribution in [0.1, 0.15) is 5.69 Å². The topological polar surface area (TPSA) is 51.6 Å². The Kier molecular flexibility index (Phi) is 3.22. The third kappa shape index (κ3) is 2.54. The molecule has 0 aliphatic carbocycles. The molecule has 0 amide bonds. The van der Waals surface area contributed by atoms with E-state index in [1.54, 1.807) is 11.6 Å². The van der Waals surface area contributed by atoms with Crippen LogP contribution in [-0.2, 0) is 6.18 Å². The van der Waals surface area contributed by atoms with Crippen molar-refractivity contribution in [2.45, 2.75) is 6.18 Å². The maximum absolute atomic E-state index is 12.5. The second kappa shape index (κ2) is 4.91. The Hall–Kier alpha value is -1.87. The largest absolute Gasteiger partial charge is 0.434 e. The molecule has 0 spiro atoms. The van der Waals surface area contributed by atoms with Crippen molar-refractivity contribution < 1.29 is 13.2 Å². The van der Waals surface area contributed by atoms with E-state index in [4.69, 9.17) is 0 Å². The number of rotatable bonds is 2. The molecule has 101 valence electrons. The molecule has 0 saturated carbocycles. The predicted molar refractivity (Wildman–Crippen MR) is 68.1 cm³/mol. The van der Waals surface area contributed by atoms with Crippen LogP contribution in [0.3, 0.4) is 0 Å². The zero-order valence-electron chi connectivity index (χ0n) is 9.55. The lowest BCUT2D eigenvalue weighted by atomic mass is 10.4. The number of alkyl halides is 3. The van der Waals surface area contributed by atoms with E-state index in [9.17, 15) is 13.2 Å². The van der Waals surface area contributed by atoms with Crippen LogP contribution in [0.15, 0.2) is 23.0 Å². The third-order valence-electron chi connectivity index (χ3n) is 2.24. The highest BCUT2D eigenvalue weighted by atomic mass is 32.1. The quantitative estimate of drug-likeness (QED) is 0.726. The van der Waals surface area contributed by atoms with Crippen molar-refractivity contribution in [2.75, 3.05) is 0 Å². The molecule has 4 nitrogen and oxygen atoms in total. The van der Waals surface area contributed by atoms with E-state index < -0.39 is 11.9 Å². The van der Waals surface area contributed by atoms with Gasteiger partial charge >= 0.3 is 6.18 Å². The Balaban J connectivity index is 1.99. The lowest BCUT2D eigenvalue weighted by Gasteiger charge is -2.00. The van der Waals surface area contributed by atoms with Gasteiger partial charge in [0.05, 0.1) is 6.20 Å². The van der Waals surface area contributed by atoms with Gasteiger partial charge in [0.1, 0.15) is 10.7 Å². The molecule has 0 bridgehead atoms. The SMILES string of the molecule is FC(F)(F)c1csc(-c2n[c]cc(-c3nccs3)n2)n1. The van der Waals surface area contributed by atoms with Gasteiger partial charge in [-0.25, -0.2) is 19.9 Å². The fourth-order valence-electron chi connectivity index (χ4n) is 1.39. The van der Waals surface area contributed by atoms with Gasteiger partial charge in [-0.2, -0.15) is 13.2 Å². The summed E-state index contributed by atoms with van der Waals surface area (Å²) < 4.78 is 37.5. The average Bonchev–Trinajstić information content (AvgIpc) is 3.10. The van der Waals surface area contributed by atoms with Crippen molar-refractivity contribution in [1.82, 2.24) is 19.9 Å². The number of hydrogen-bond donors (Lipinski definition) is 0. The van der Waals surface area contributed by atoms with Gasteiger partial charge in [-0.3, -0.25) is 0 Å². The summed E-state index contributed by atoms with van der Waals surface area (Å²) in [5.74, 6) is 0.109. The number of halogens is 3. The monoisotopic (exact) mass is 313 g/mol. The molecule has 3 aromatic rings. The van der Waals surface area contributed by atoms with E-state index in [1.807, 2.05) is 0 Å². The fraction of sp³-hybridized carbons (Fsp3) is 0.0909. The van der Waals surface area contributed by atoms with E-state index in [2.05, 4.69) is 26.1 Å². The summed E-state index contributed by atoms with van der Waals surface area (Å²) in [6.07, 6.45) is -0.245. The maximum atomic E-state index is 12.5. The Morgan fingerprint density at radius 2 is 1.95 bits per heavy atom. The molecule has 0 unspecified atom stereocenters. The van der Waals surface area contributed by atoms with Crippen LogP contribution in [0.25, 0.3) is 21.5 Å². The fourth-order valence-corrected chi connectivity index (χ4v) is 2.74. The van der Waals surface area contributed by atoms with Crippen molar-refractivity contribution in [3.8, 4) is 21.5 Å². The molecular weight excluding hydrogens is 309 g/mol. The Morgan fingerprint density at radius 1 is 1.10 bits per heavy atom. The molecule has 3 rings (SSSR count). The molecule has 0 aromatic carbocycles. The lowest BCUT2D eigenvalue weighted by Crippen LogP contribution is -2.05. The molecule has 3 aromatic heterocycles. The van der Waals surface area contributed by atoms with Crippen LogP contribution in [0.5, 0.6) is 0 Å². The third-order valence-corrected chi connectivity index (χ3v) is 3.87. The van der Waals surface area contributed by atoms with Crippen molar-refractivity contribution in [1.29, 1.82) is 0 Å². The minimum atomic E-state index is -4.47. The Morgan fingerprint density at radius 3 is 2.60 bits per heavy atom. The van der Waals surface area contributed by atoms with Crippen LogP contribution in [0.2, 0.25) is 0 Å². The number of aromatic nitrogens is 4. The van der Waals surface area contributed by atoms with E-state index in [0.29, 0.717) is 10.7 Å². The standard InChI is InChI=1S/C11H4F3N4S2/c12-11(13,14)7-5-20-10(18-7)8-15-2-1-6(17-8)9-16-3-4-19-9/h1,3-5H. The zero-order chi connectivity index (χ0) is 14.2. The minimum absolute atomic E-state index is 0.104.